The number of nitrogens with one attached hydrogen (secondary N) is 1. The van der Waals surface area contributed by atoms with Gasteiger partial charge in [-0.05, 0) is 46.2 Å². The molecule has 7 heteroatoms. The Bertz CT molecular complexity index is 599. The number of rotatable bonds is 2. The first-order chi connectivity index (χ1) is 13.1. The molecule has 2 unspecified atom stereocenters. The average Bonchev–Trinajstić information content (AvgIpc) is 2.64. The van der Waals surface area contributed by atoms with Gasteiger partial charge in [-0.1, -0.05) is 25.1 Å². The van der Waals surface area contributed by atoms with E-state index in [-0.39, 0.29) is 12.2 Å². The van der Waals surface area contributed by atoms with Crippen molar-refractivity contribution in [3.63, 3.8) is 0 Å². The second-order valence-corrected chi connectivity index (χ2v) is 7.71. The zero-order valence-corrected chi connectivity index (χ0v) is 17.4. The third kappa shape index (κ3) is 10.2. The lowest BCUT2D eigenvalue weighted by atomic mass is 10.1. The number of hydrogen-bond acceptors (Lipinski definition) is 6. The van der Waals surface area contributed by atoms with Crippen LogP contribution in [0.4, 0.5) is 4.79 Å². The molecule has 0 bridgehead atoms. The van der Waals surface area contributed by atoms with Crippen molar-refractivity contribution >= 4 is 12.1 Å². The Labute approximate surface area is 167 Å². The van der Waals surface area contributed by atoms with Crippen LogP contribution in [-0.2, 0) is 19.0 Å². The Hall–Kier alpha value is -2.28. The maximum Gasteiger partial charge on any atom is 0.408 e. The van der Waals surface area contributed by atoms with E-state index in [0.29, 0.717) is 25.2 Å². The predicted molar refractivity (Wildman–Crippen MR) is 106 cm³/mol. The number of aromatic hydroxyl groups is 1. The van der Waals surface area contributed by atoms with Gasteiger partial charge < -0.3 is 24.6 Å². The second-order valence-electron chi connectivity index (χ2n) is 7.71. The van der Waals surface area contributed by atoms with Gasteiger partial charge in [-0.2, -0.15) is 0 Å². The van der Waals surface area contributed by atoms with Crippen molar-refractivity contribution in [1.82, 2.24) is 5.32 Å². The molecule has 1 aliphatic rings. The summed E-state index contributed by atoms with van der Waals surface area (Å²) in [7, 11) is 0. The van der Waals surface area contributed by atoms with Gasteiger partial charge in [0.15, 0.2) is 0 Å². The van der Waals surface area contributed by atoms with Crippen molar-refractivity contribution in [2.24, 2.45) is 0 Å². The second kappa shape index (κ2) is 11.5. The van der Waals surface area contributed by atoms with Crippen LogP contribution < -0.4 is 5.32 Å². The van der Waals surface area contributed by atoms with Crippen molar-refractivity contribution in [2.75, 3.05) is 6.61 Å². The number of benzene rings is 1. The number of carbonyl (C=O) groups excluding carboxylic acids is 2. The molecule has 2 N–H and O–H groups in total. The molecule has 0 saturated carbocycles. The molecule has 0 spiro atoms. The van der Waals surface area contributed by atoms with Crippen LogP contribution in [0, 0.1) is 0 Å². The van der Waals surface area contributed by atoms with E-state index < -0.39 is 23.7 Å². The quantitative estimate of drug-likeness (QED) is 0.740. The molecule has 0 radical (unpaired) electrons. The number of hydrogen-bond donors (Lipinski definition) is 2. The van der Waals surface area contributed by atoms with Crippen LogP contribution in [0.2, 0.25) is 0 Å². The lowest BCUT2D eigenvalue weighted by Gasteiger charge is -2.23. The SMILES string of the molecule is CCC1CC(C)OC(=O)[C@@H](NC(=O)OC(C)(C)C)CCO1.Oc1ccccc1. The number of esters is 1. The summed E-state index contributed by atoms with van der Waals surface area (Å²) < 4.78 is 16.2. The Kier molecular flexibility index (Phi) is 9.79. The number of ether oxygens (including phenoxy) is 3. The van der Waals surface area contributed by atoms with Crippen LogP contribution in [-0.4, -0.2) is 47.6 Å². The summed E-state index contributed by atoms with van der Waals surface area (Å²) in [6, 6.07) is 7.97. The van der Waals surface area contributed by atoms with E-state index in [9.17, 15) is 9.59 Å². The Morgan fingerprint density at radius 2 is 1.93 bits per heavy atom. The van der Waals surface area contributed by atoms with Gasteiger partial charge in [-0.15, -0.1) is 0 Å². The summed E-state index contributed by atoms with van der Waals surface area (Å²) >= 11 is 0. The summed E-state index contributed by atoms with van der Waals surface area (Å²) in [4.78, 5) is 23.9. The summed E-state index contributed by atoms with van der Waals surface area (Å²) in [6.45, 7) is 9.58. The third-order valence-electron chi connectivity index (χ3n) is 3.86. The molecule has 1 aromatic carbocycles. The summed E-state index contributed by atoms with van der Waals surface area (Å²) in [6.07, 6.45) is 1.13. The number of phenolic OH excluding ortho intramolecular Hbond substituents is 1. The van der Waals surface area contributed by atoms with Gasteiger partial charge in [0.2, 0.25) is 0 Å². The van der Waals surface area contributed by atoms with Crippen LogP contribution >= 0.6 is 0 Å². The van der Waals surface area contributed by atoms with Gasteiger partial charge in [0.05, 0.1) is 6.10 Å². The van der Waals surface area contributed by atoms with Crippen molar-refractivity contribution in [1.29, 1.82) is 0 Å². The number of amides is 1. The molecule has 3 atom stereocenters. The predicted octanol–water partition coefficient (Wildman–Crippen LogP) is 3.79. The molecule has 28 heavy (non-hydrogen) atoms. The molecular formula is C21H33NO6. The lowest BCUT2D eigenvalue weighted by Crippen LogP contribution is -2.45. The van der Waals surface area contributed by atoms with Gasteiger partial charge >= 0.3 is 12.1 Å². The van der Waals surface area contributed by atoms with Crippen LogP contribution in [0.15, 0.2) is 30.3 Å². The number of cyclic esters (lactones) is 1. The van der Waals surface area contributed by atoms with Crippen LogP contribution in [0.1, 0.15) is 53.9 Å². The first-order valence-electron chi connectivity index (χ1n) is 9.66. The topological polar surface area (TPSA) is 94.1 Å². The average molecular weight is 395 g/mol. The van der Waals surface area contributed by atoms with Crippen molar-refractivity contribution in [2.45, 2.75) is 77.7 Å². The monoisotopic (exact) mass is 395 g/mol. The number of phenols is 1. The molecule has 1 saturated heterocycles. The van der Waals surface area contributed by atoms with Crippen molar-refractivity contribution < 1.29 is 28.9 Å². The molecule has 7 nitrogen and oxygen atoms in total. The van der Waals surface area contributed by atoms with Gasteiger partial charge in [0, 0.05) is 19.4 Å². The molecule has 0 aliphatic carbocycles. The molecule has 1 heterocycles. The minimum atomic E-state index is -0.738. The van der Waals surface area contributed by atoms with Gasteiger partial charge in [-0.25, -0.2) is 9.59 Å². The molecule has 1 aromatic rings. The molecule has 1 amide bonds. The molecule has 1 fully saturated rings. The van der Waals surface area contributed by atoms with Gasteiger partial charge in [0.25, 0.3) is 0 Å². The minimum Gasteiger partial charge on any atom is -0.508 e. The van der Waals surface area contributed by atoms with E-state index >= 15 is 0 Å². The number of carbonyl (C=O) groups is 2. The van der Waals surface area contributed by atoms with E-state index in [1.807, 2.05) is 19.9 Å². The van der Waals surface area contributed by atoms with Gasteiger partial charge in [0.1, 0.15) is 23.5 Å². The smallest absolute Gasteiger partial charge is 0.408 e. The van der Waals surface area contributed by atoms with E-state index in [1.165, 1.54) is 0 Å². The number of alkyl carbamates (subject to hydrolysis) is 1. The molecule has 1 aliphatic heterocycles. The van der Waals surface area contributed by atoms with E-state index in [2.05, 4.69) is 5.32 Å². The van der Waals surface area contributed by atoms with Crippen molar-refractivity contribution in [3.8, 4) is 5.75 Å². The Morgan fingerprint density at radius 3 is 2.43 bits per heavy atom. The zero-order chi connectivity index (χ0) is 21.2. The highest BCUT2D eigenvalue weighted by Gasteiger charge is 2.29. The first kappa shape index (κ1) is 23.8. The van der Waals surface area contributed by atoms with Gasteiger partial charge in [-0.3, -0.25) is 0 Å². The van der Waals surface area contributed by atoms with Crippen LogP contribution in [0.25, 0.3) is 0 Å². The molecule has 0 aromatic heterocycles. The molecule has 158 valence electrons. The Balaban J connectivity index is 0.000000467. The highest BCUT2D eigenvalue weighted by Crippen LogP contribution is 2.15. The third-order valence-corrected chi connectivity index (χ3v) is 3.86. The minimum absolute atomic E-state index is 0.0769. The Morgan fingerprint density at radius 1 is 1.29 bits per heavy atom. The number of para-hydroxylation sites is 1. The lowest BCUT2D eigenvalue weighted by molar-refractivity contribution is -0.151. The highest BCUT2D eigenvalue weighted by molar-refractivity contribution is 5.81. The highest BCUT2D eigenvalue weighted by atomic mass is 16.6. The largest absolute Gasteiger partial charge is 0.508 e. The van der Waals surface area contributed by atoms with E-state index in [1.54, 1.807) is 45.0 Å². The maximum absolute atomic E-state index is 12.1. The van der Waals surface area contributed by atoms with Crippen LogP contribution in [0.5, 0.6) is 5.75 Å². The fourth-order valence-electron chi connectivity index (χ4n) is 2.53. The van der Waals surface area contributed by atoms with E-state index in [4.69, 9.17) is 19.3 Å². The maximum atomic E-state index is 12.1. The molecule has 2 rings (SSSR count). The summed E-state index contributed by atoms with van der Waals surface area (Å²) in [5, 5.41) is 11.2. The summed E-state index contributed by atoms with van der Waals surface area (Å²) in [5.41, 5.74) is -0.608. The van der Waals surface area contributed by atoms with E-state index in [0.717, 1.165) is 6.42 Å². The molecular weight excluding hydrogens is 362 g/mol. The normalized spacial score (nSPS) is 23.0. The van der Waals surface area contributed by atoms with Crippen molar-refractivity contribution in [3.05, 3.63) is 30.3 Å². The summed E-state index contributed by atoms with van der Waals surface area (Å²) in [5.74, 6) is -0.115. The fraction of sp³-hybridized carbons (Fsp3) is 0.619. The van der Waals surface area contributed by atoms with Crippen LogP contribution in [0.3, 0.4) is 0 Å². The first-order valence-corrected chi connectivity index (χ1v) is 9.66. The fourth-order valence-corrected chi connectivity index (χ4v) is 2.53. The standard InChI is InChI=1S/C15H27NO5.C6H6O/c1-6-11-9-10(2)20-13(17)12(7-8-19-11)16-14(18)21-15(3,4)5;7-6-4-2-1-3-5-6/h10-12H,6-9H2,1-5H3,(H,16,18);1-5,7H/t10?,11?,12-;/m0./s1. The zero-order valence-electron chi connectivity index (χ0n) is 17.4.